The molecule has 0 saturated heterocycles. The van der Waals surface area contributed by atoms with Crippen LogP contribution in [0.25, 0.3) is 0 Å². The summed E-state index contributed by atoms with van der Waals surface area (Å²) in [6.07, 6.45) is 0.495. The van der Waals surface area contributed by atoms with Crippen molar-refractivity contribution in [3.63, 3.8) is 0 Å². The normalized spacial score (nSPS) is 12.3. The third-order valence-corrected chi connectivity index (χ3v) is 2.42. The van der Waals surface area contributed by atoms with Gasteiger partial charge in [0.25, 0.3) is 0 Å². The highest BCUT2D eigenvalue weighted by Gasteiger charge is 2.17. The molecular weight excluding hydrogens is 298 g/mol. The number of halogens is 3. The molecule has 6 heteroatoms. The molecule has 0 spiro atoms. The van der Waals surface area contributed by atoms with Gasteiger partial charge in [-0.05, 0) is 25.1 Å². The van der Waals surface area contributed by atoms with Crippen molar-refractivity contribution in [1.29, 1.82) is 0 Å². The fourth-order valence-electron chi connectivity index (χ4n) is 1.24. The highest BCUT2D eigenvalue weighted by atomic mass is 79.9. The fraction of sp³-hybridized carbons (Fsp3) is 0.273. The van der Waals surface area contributed by atoms with Gasteiger partial charge >= 0.3 is 6.61 Å². The van der Waals surface area contributed by atoms with E-state index < -0.39 is 11.4 Å². The van der Waals surface area contributed by atoms with Gasteiger partial charge in [-0.1, -0.05) is 15.9 Å². The summed E-state index contributed by atoms with van der Waals surface area (Å²) in [6, 6.07) is 3.62. The van der Waals surface area contributed by atoms with Gasteiger partial charge in [-0.2, -0.15) is 8.78 Å². The first-order valence-electron chi connectivity index (χ1n) is 4.68. The standard InChI is InChI=1S/C11H9BrF2O3/c1-6(12)10(16)9-4-8(17-11(13)14)3-2-7(9)5-15/h2-6,11H,1H3. The van der Waals surface area contributed by atoms with Crippen molar-refractivity contribution in [3.05, 3.63) is 29.3 Å². The highest BCUT2D eigenvalue weighted by Crippen LogP contribution is 2.21. The molecule has 0 saturated carbocycles. The monoisotopic (exact) mass is 306 g/mol. The summed E-state index contributed by atoms with van der Waals surface area (Å²) in [5.74, 6) is -0.520. The number of carbonyl (C=O) groups excluding carboxylic acids is 2. The van der Waals surface area contributed by atoms with Crippen LogP contribution in [0.5, 0.6) is 5.75 Å². The van der Waals surface area contributed by atoms with E-state index in [4.69, 9.17) is 0 Å². The highest BCUT2D eigenvalue weighted by molar-refractivity contribution is 9.10. The van der Waals surface area contributed by atoms with Crippen molar-refractivity contribution in [1.82, 2.24) is 0 Å². The van der Waals surface area contributed by atoms with Crippen LogP contribution in [0.15, 0.2) is 18.2 Å². The Morgan fingerprint density at radius 3 is 2.59 bits per heavy atom. The van der Waals surface area contributed by atoms with Crippen molar-refractivity contribution in [3.8, 4) is 5.75 Å². The van der Waals surface area contributed by atoms with Gasteiger partial charge in [-0.25, -0.2) is 0 Å². The van der Waals surface area contributed by atoms with Gasteiger partial charge in [0, 0.05) is 11.1 Å². The molecule has 0 fully saturated rings. The number of hydrogen-bond donors (Lipinski definition) is 0. The zero-order valence-electron chi connectivity index (χ0n) is 8.82. The van der Waals surface area contributed by atoms with Crippen LogP contribution in [0.2, 0.25) is 0 Å². The predicted molar refractivity (Wildman–Crippen MR) is 61.2 cm³/mol. The van der Waals surface area contributed by atoms with E-state index in [1.807, 2.05) is 0 Å². The molecule has 17 heavy (non-hydrogen) atoms. The third-order valence-electron chi connectivity index (χ3n) is 2.00. The minimum atomic E-state index is -2.97. The van der Waals surface area contributed by atoms with E-state index >= 15 is 0 Å². The van der Waals surface area contributed by atoms with Crippen LogP contribution in [-0.2, 0) is 0 Å². The first kappa shape index (κ1) is 13.8. The van der Waals surface area contributed by atoms with Crippen molar-refractivity contribution in [2.45, 2.75) is 18.4 Å². The van der Waals surface area contributed by atoms with Crippen LogP contribution in [0.1, 0.15) is 27.6 Å². The molecule has 1 unspecified atom stereocenters. The number of ether oxygens (including phenoxy) is 1. The maximum absolute atomic E-state index is 12.0. The SMILES string of the molecule is CC(Br)C(=O)c1cc(OC(F)F)ccc1C=O. The predicted octanol–water partition coefficient (Wildman–Crippen LogP) is 3.07. The summed E-state index contributed by atoms with van der Waals surface area (Å²) in [5, 5.41) is 0. The van der Waals surface area contributed by atoms with Gasteiger partial charge in [0.15, 0.2) is 12.1 Å². The molecule has 0 aliphatic rings. The van der Waals surface area contributed by atoms with Crippen LogP contribution in [0, 0.1) is 0 Å². The van der Waals surface area contributed by atoms with Gasteiger partial charge in [0.2, 0.25) is 0 Å². The molecule has 0 N–H and O–H groups in total. The maximum atomic E-state index is 12.0. The number of benzene rings is 1. The lowest BCUT2D eigenvalue weighted by atomic mass is 10.0. The molecular formula is C11H9BrF2O3. The summed E-state index contributed by atoms with van der Waals surface area (Å²) >= 11 is 3.06. The number of rotatable bonds is 5. The zero-order valence-corrected chi connectivity index (χ0v) is 10.4. The Morgan fingerprint density at radius 1 is 1.47 bits per heavy atom. The molecule has 0 bridgehead atoms. The maximum Gasteiger partial charge on any atom is 0.387 e. The summed E-state index contributed by atoms with van der Waals surface area (Å²) in [4.78, 5) is 21.9. The van der Waals surface area contributed by atoms with E-state index in [9.17, 15) is 18.4 Å². The Hall–Kier alpha value is -1.30. The zero-order chi connectivity index (χ0) is 13.0. The number of alkyl halides is 3. The van der Waals surface area contributed by atoms with E-state index in [2.05, 4.69) is 20.7 Å². The van der Waals surface area contributed by atoms with E-state index in [1.165, 1.54) is 12.1 Å². The average molecular weight is 307 g/mol. The molecule has 1 aromatic rings. The minimum Gasteiger partial charge on any atom is -0.435 e. The Bertz CT molecular complexity index is 433. The number of hydrogen-bond acceptors (Lipinski definition) is 3. The second-order valence-corrected chi connectivity index (χ2v) is 4.60. The molecule has 0 radical (unpaired) electrons. The lowest BCUT2D eigenvalue weighted by molar-refractivity contribution is -0.0498. The quantitative estimate of drug-likeness (QED) is 0.477. The van der Waals surface area contributed by atoms with Crippen LogP contribution in [0.4, 0.5) is 8.78 Å². The Balaban J connectivity index is 3.15. The lowest BCUT2D eigenvalue weighted by Gasteiger charge is -2.09. The average Bonchev–Trinajstić information content (AvgIpc) is 2.27. The van der Waals surface area contributed by atoms with Crippen molar-refractivity contribution < 1.29 is 23.1 Å². The van der Waals surface area contributed by atoms with Crippen LogP contribution < -0.4 is 4.74 Å². The molecule has 0 aliphatic carbocycles. The van der Waals surface area contributed by atoms with Crippen molar-refractivity contribution in [2.24, 2.45) is 0 Å². The van der Waals surface area contributed by atoms with Gasteiger partial charge < -0.3 is 4.74 Å². The number of Topliss-reactive ketones (excluding diaryl/α,β-unsaturated/α-hetero) is 1. The second-order valence-electron chi connectivity index (χ2n) is 3.23. The topological polar surface area (TPSA) is 43.4 Å². The molecule has 0 aliphatic heterocycles. The third kappa shape index (κ3) is 3.59. The first-order chi connectivity index (χ1) is 7.95. The second kappa shape index (κ2) is 5.86. The number of carbonyl (C=O) groups is 2. The van der Waals surface area contributed by atoms with Crippen LogP contribution in [-0.4, -0.2) is 23.5 Å². The smallest absolute Gasteiger partial charge is 0.387 e. The Labute approximate surface area is 105 Å². The fourth-order valence-corrected chi connectivity index (χ4v) is 1.49. The summed E-state index contributed by atoms with van der Waals surface area (Å²) < 4.78 is 28.2. The number of ketones is 1. The Morgan fingerprint density at radius 2 is 2.12 bits per heavy atom. The molecule has 0 amide bonds. The summed E-state index contributed by atoms with van der Waals surface area (Å²) in [7, 11) is 0. The molecule has 0 heterocycles. The molecule has 3 nitrogen and oxygen atoms in total. The molecule has 92 valence electrons. The van der Waals surface area contributed by atoms with Gasteiger partial charge in [-0.15, -0.1) is 0 Å². The van der Waals surface area contributed by atoms with E-state index in [1.54, 1.807) is 6.92 Å². The Kier molecular flexibility index (Phi) is 4.74. The van der Waals surface area contributed by atoms with Crippen LogP contribution >= 0.6 is 15.9 Å². The van der Waals surface area contributed by atoms with E-state index in [0.717, 1.165) is 6.07 Å². The largest absolute Gasteiger partial charge is 0.435 e. The molecule has 1 aromatic carbocycles. The van der Waals surface area contributed by atoms with Gasteiger partial charge in [-0.3, -0.25) is 9.59 Å². The van der Waals surface area contributed by atoms with Gasteiger partial charge in [0.1, 0.15) is 5.75 Å². The lowest BCUT2D eigenvalue weighted by Crippen LogP contribution is -2.13. The first-order valence-corrected chi connectivity index (χ1v) is 5.59. The van der Waals surface area contributed by atoms with Crippen molar-refractivity contribution >= 4 is 28.0 Å². The van der Waals surface area contributed by atoms with Crippen molar-refractivity contribution in [2.75, 3.05) is 0 Å². The van der Waals surface area contributed by atoms with Gasteiger partial charge in [0.05, 0.1) is 4.83 Å². The van der Waals surface area contributed by atoms with E-state index in [0.29, 0.717) is 6.29 Å². The molecule has 1 atom stereocenters. The molecule has 1 rings (SSSR count). The van der Waals surface area contributed by atoms with Crippen LogP contribution in [0.3, 0.4) is 0 Å². The minimum absolute atomic E-state index is 0.0579. The molecule has 0 aromatic heterocycles. The summed E-state index contributed by atoms with van der Waals surface area (Å²) in [6.45, 7) is -1.39. The summed E-state index contributed by atoms with van der Waals surface area (Å²) in [5.41, 5.74) is 0.199. The number of aldehydes is 1. The van der Waals surface area contributed by atoms with E-state index in [-0.39, 0.29) is 22.7 Å².